The van der Waals surface area contributed by atoms with Gasteiger partial charge in [-0.05, 0) is 37.1 Å². The molecule has 1 aromatic carbocycles. The first kappa shape index (κ1) is 11.0. The number of benzene rings is 1. The Morgan fingerprint density at radius 1 is 1.38 bits per heavy atom. The van der Waals surface area contributed by atoms with Crippen LogP contribution in [0.25, 0.3) is 0 Å². The fourth-order valence-electron chi connectivity index (χ4n) is 1.57. The molecule has 1 saturated carbocycles. The molecule has 2 rings (SSSR count). The quantitative estimate of drug-likeness (QED) is 0.656. The lowest BCUT2D eigenvalue weighted by Gasteiger charge is -2.12. The molecule has 1 aromatic rings. The summed E-state index contributed by atoms with van der Waals surface area (Å²) in [7, 11) is 0. The number of hydrogen-bond acceptors (Lipinski definition) is 3. The van der Waals surface area contributed by atoms with E-state index in [0.29, 0.717) is 17.8 Å². The Kier molecular flexibility index (Phi) is 2.83. The second-order valence-electron chi connectivity index (χ2n) is 4.46. The van der Waals surface area contributed by atoms with Crippen LogP contribution in [0.1, 0.15) is 23.2 Å². The number of nitrogens with one attached hydrogen (secondary N) is 1. The van der Waals surface area contributed by atoms with Crippen molar-refractivity contribution in [3.63, 3.8) is 0 Å². The molecule has 0 unspecified atom stereocenters. The summed E-state index contributed by atoms with van der Waals surface area (Å²) in [6, 6.07) is 6.80. The van der Waals surface area contributed by atoms with E-state index in [9.17, 15) is 4.79 Å². The second-order valence-corrected chi connectivity index (χ2v) is 4.46. The second kappa shape index (κ2) is 4.14. The topological polar surface area (TPSA) is 75.4 Å². The summed E-state index contributed by atoms with van der Waals surface area (Å²) < 4.78 is 0. The van der Waals surface area contributed by atoms with Gasteiger partial charge in [-0.2, -0.15) is 0 Å². The van der Waals surface area contributed by atoms with Gasteiger partial charge in [-0.3, -0.25) is 4.79 Å². The fourth-order valence-corrected chi connectivity index (χ4v) is 1.57. The molecule has 0 aliphatic heterocycles. The highest BCUT2D eigenvalue weighted by atomic mass is 16.3. The maximum absolute atomic E-state index is 11.7. The normalized spacial score (nSPS) is 16.8. The van der Waals surface area contributed by atoms with Crippen LogP contribution < -0.4 is 11.1 Å². The van der Waals surface area contributed by atoms with Crippen molar-refractivity contribution in [2.75, 3.05) is 18.9 Å². The maximum atomic E-state index is 11.7. The molecule has 1 amide bonds. The SMILES string of the molecule is Nc1ccc(C(=O)NCC2(CO)CC2)cc1. The molecule has 0 saturated heterocycles. The van der Waals surface area contributed by atoms with Gasteiger partial charge in [0.05, 0.1) is 6.61 Å². The number of nitrogen functional groups attached to an aromatic ring is 1. The van der Waals surface area contributed by atoms with Crippen LogP contribution >= 0.6 is 0 Å². The van der Waals surface area contributed by atoms with Gasteiger partial charge >= 0.3 is 0 Å². The van der Waals surface area contributed by atoms with E-state index >= 15 is 0 Å². The molecule has 4 heteroatoms. The fraction of sp³-hybridized carbons (Fsp3) is 0.417. The van der Waals surface area contributed by atoms with Crippen LogP contribution in [0.2, 0.25) is 0 Å². The molecule has 0 atom stereocenters. The van der Waals surface area contributed by atoms with Gasteiger partial charge in [-0.15, -0.1) is 0 Å². The zero-order valence-electron chi connectivity index (χ0n) is 9.07. The number of hydrogen-bond donors (Lipinski definition) is 3. The van der Waals surface area contributed by atoms with Crippen LogP contribution in [0.5, 0.6) is 0 Å². The van der Waals surface area contributed by atoms with Gasteiger partial charge in [0.15, 0.2) is 0 Å². The zero-order valence-corrected chi connectivity index (χ0v) is 9.07. The number of aliphatic hydroxyl groups excluding tert-OH is 1. The summed E-state index contributed by atoms with van der Waals surface area (Å²) in [5, 5.41) is 11.9. The van der Waals surface area contributed by atoms with E-state index in [1.807, 2.05) is 0 Å². The van der Waals surface area contributed by atoms with Crippen molar-refractivity contribution in [1.29, 1.82) is 0 Å². The Morgan fingerprint density at radius 2 is 2.00 bits per heavy atom. The number of carbonyl (C=O) groups excluding carboxylic acids is 1. The number of nitrogens with two attached hydrogens (primary N) is 1. The number of anilines is 1. The Labute approximate surface area is 94.5 Å². The smallest absolute Gasteiger partial charge is 0.251 e. The van der Waals surface area contributed by atoms with Crippen LogP contribution in [0.4, 0.5) is 5.69 Å². The average Bonchev–Trinajstić information content (AvgIpc) is 3.08. The van der Waals surface area contributed by atoms with Crippen LogP contribution in [0.3, 0.4) is 0 Å². The number of amides is 1. The van der Waals surface area contributed by atoms with Crippen molar-refractivity contribution >= 4 is 11.6 Å². The van der Waals surface area contributed by atoms with Gasteiger partial charge in [0.25, 0.3) is 5.91 Å². The largest absolute Gasteiger partial charge is 0.399 e. The van der Waals surface area contributed by atoms with E-state index < -0.39 is 0 Å². The molecule has 1 aliphatic carbocycles. The average molecular weight is 220 g/mol. The van der Waals surface area contributed by atoms with E-state index in [4.69, 9.17) is 10.8 Å². The zero-order chi connectivity index (χ0) is 11.6. The van der Waals surface area contributed by atoms with Crippen LogP contribution in [0, 0.1) is 5.41 Å². The summed E-state index contributed by atoms with van der Waals surface area (Å²) in [6.07, 6.45) is 1.98. The summed E-state index contributed by atoms with van der Waals surface area (Å²) in [4.78, 5) is 11.7. The predicted molar refractivity (Wildman–Crippen MR) is 61.9 cm³/mol. The van der Waals surface area contributed by atoms with Gasteiger partial charge in [0, 0.05) is 23.2 Å². The first-order valence-electron chi connectivity index (χ1n) is 5.40. The highest BCUT2D eigenvalue weighted by molar-refractivity contribution is 5.94. The lowest BCUT2D eigenvalue weighted by Crippen LogP contribution is -2.31. The first-order chi connectivity index (χ1) is 7.65. The lowest BCUT2D eigenvalue weighted by atomic mass is 10.1. The Balaban J connectivity index is 1.91. The van der Waals surface area contributed by atoms with Crippen molar-refractivity contribution in [3.05, 3.63) is 29.8 Å². The summed E-state index contributed by atoms with van der Waals surface area (Å²) in [5.74, 6) is -0.111. The molecular weight excluding hydrogens is 204 g/mol. The number of aliphatic hydroxyl groups is 1. The lowest BCUT2D eigenvalue weighted by molar-refractivity contribution is 0.0935. The molecule has 4 nitrogen and oxygen atoms in total. The van der Waals surface area contributed by atoms with Gasteiger partial charge in [-0.25, -0.2) is 0 Å². The standard InChI is InChI=1S/C12H16N2O2/c13-10-3-1-9(2-4-10)11(16)14-7-12(8-15)5-6-12/h1-4,15H,5-8,13H2,(H,14,16). The summed E-state index contributed by atoms with van der Waals surface area (Å²) >= 11 is 0. The molecule has 0 radical (unpaired) electrons. The third kappa shape index (κ3) is 2.33. The van der Waals surface area contributed by atoms with E-state index in [1.54, 1.807) is 24.3 Å². The third-order valence-electron chi connectivity index (χ3n) is 3.09. The molecular formula is C12H16N2O2. The minimum absolute atomic E-state index is 0.0521. The van der Waals surface area contributed by atoms with Gasteiger partial charge in [0.2, 0.25) is 0 Å². The molecule has 1 aliphatic rings. The molecule has 1 fully saturated rings. The van der Waals surface area contributed by atoms with Crippen molar-refractivity contribution in [2.24, 2.45) is 5.41 Å². The highest BCUT2D eigenvalue weighted by Gasteiger charge is 2.42. The molecule has 0 spiro atoms. The summed E-state index contributed by atoms with van der Waals surface area (Å²) in [6.45, 7) is 0.696. The monoisotopic (exact) mass is 220 g/mol. The molecule has 0 bridgehead atoms. The van der Waals surface area contributed by atoms with Crippen molar-refractivity contribution < 1.29 is 9.90 Å². The van der Waals surface area contributed by atoms with Gasteiger partial charge < -0.3 is 16.2 Å². The van der Waals surface area contributed by atoms with Crippen LogP contribution in [-0.2, 0) is 0 Å². The Hall–Kier alpha value is -1.55. The Bertz CT molecular complexity index is 383. The maximum Gasteiger partial charge on any atom is 0.251 e. The number of rotatable bonds is 4. The van der Waals surface area contributed by atoms with Gasteiger partial charge in [0.1, 0.15) is 0 Å². The number of carbonyl (C=O) groups is 1. The highest BCUT2D eigenvalue weighted by Crippen LogP contribution is 2.44. The van der Waals surface area contributed by atoms with E-state index in [-0.39, 0.29) is 17.9 Å². The van der Waals surface area contributed by atoms with E-state index in [2.05, 4.69) is 5.32 Å². The molecule has 4 N–H and O–H groups in total. The minimum atomic E-state index is -0.111. The molecule has 0 heterocycles. The van der Waals surface area contributed by atoms with E-state index in [1.165, 1.54) is 0 Å². The predicted octanol–water partition coefficient (Wildman–Crippen LogP) is 0.771. The minimum Gasteiger partial charge on any atom is -0.399 e. The molecule has 86 valence electrons. The van der Waals surface area contributed by atoms with Crippen molar-refractivity contribution in [3.8, 4) is 0 Å². The van der Waals surface area contributed by atoms with Crippen molar-refractivity contribution in [1.82, 2.24) is 5.32 Å². The molecule has 0 aromatic heterocycles. The van der Waals surface area contributed by atoms with Gasteiger partial charge in [-0.1, -0.05) is 0 Å². The van der Waals surface area contributed by atoms with E-state index in [0.717, 1.165) is 12.8 Å². The first-order valence-corrected chi connectivity index (χ1v) is 5.40. The van der Waals surface area contributed by atoms with Crippen LogP contribution in [-0.4, -0.2) is 24.2 Å². The third-order valence-corrected chi connectivity index (χ3v) is 3.09. The summed E-state index contributed by atoms with van der Waals surface area (Å²) in [5.41, 5.74) is 6.73. The Morgan fingerprint density at radius 3 is 2.50 bits per heavy atom. The molecule has 16 heavy (non-hydrogen) atoms. The van der Waals surface area contributed by atoms with Crippen molar-refractivity contribution in [2.45, 2.75) is 12.8 Å². The van der Waals surface area contributed by atoms with Crippen LogP contribution in [0.15, 0.2) is 24.3 Å².